The normalized spacial score (nSPS) is 42.0. The third kappa shape index (κ3) is 9.19. The minimum absolute atomic E-state index is 0.00705. The fourth-order valence-electron chi connectivity index (χ4n) is 26.1. The molecular formula is C90H101N5O4. The number of rotatable bonds is 7. The van der Waals surface area contributed by atoms with Gasteiger partial charge >= 0.3 is 0 Å². The van der Waals surface area contributed by atoms with E-state index in [0.717, 1.165) is 37.8 Å². The molecule has 17 atom stereocenters. The summed E-state index contributed by atoms with van der Waals surface area (Å²) < 4.78 is 22.0. The zero-order valence-corrected chi connectivity index (χ0v) is 58.9. The van der Waals surface area contributed by atoms with E-state index in [-0.39, 0.29) is 49.9 Å². The molecular weight excluding hydrogens is 1220 g/mol. The average Bonchev–Trinajstić information content (AvgIpc) is 1.56. The van der Waals surface area contributed by atoms with E-state index >= 15 is 0 Å². The highest BCUT2D eigenvalue weighted by molar-refractivity contribution is 5.85. The molecule has 2 N–H and O–H groups in total. The Morgan fingerprint density at radius 2 is 0.758 bits per heavy atom. The van der Waals surface area contributed by atoms with Gasteiger partial charge in [0.2, 0.25) is 0 Å². The number of hydrogen-bond donors (Lipinski definition) is 2. The van der Waals surface area contributed by atoms with Crippen LogP contribution in [0.5, 0.6) is 0 Å². The van der Waals surface area contributed by atoms with Gasteiger partial charge in [0.25, 0.3) is 0 Å². The maximum atomic E-state index is 12.4. The van der Waals surface area contributed by atoms with E-state index in [1.165, 1.54) is 213 Å². The molecule has 8 saturated carbocycles. The summed E-state index contributed by atoms with van der Waals surface area (Å²) in [5.74, 6) is 3.85. The van der Waals surface area contributed by atoms with Gasteiger partial charge in [-0.05, 0) is 321 Å². The Morgan fingerprint density at radius 1 is 0.384 bits per heavy atom. The molecule has 11 fully saturated rings. The molecule has 9 nitrogen and oxygen atoms in total. The second kappa shape index (κ2) is 21.9. The number of ketones is 1. The minimum atomic E-state index is -0.294. The molecule has 6 spiro atoms. The number of nitrogens with one attached hydrogen (secondary N) is 2. The highest BCUT2D eigenvalue weighted by Crippen LogP contribution is 2.73. The van der Waals surface area contributed by atoms with Crippen LogP contribution < -0.4 is 10.6 Å². The lowest BCUT2D eigenvalue weighted by molar-refractivity contribution is -0.146. The van der Waals surface area contributed by atoms with Crippen molar-refractivity contribution in [1.29, 1.82) is 0 Å². The Morgan fingerprint density at radius 3 is 1.15 bits per heavy atom. The van der Waals surface area contributed by atoms with Crippen molar-refractivity contribution >= 4 is 38.1 Å². The largest absolute Gasteiger partial charge is 0.359 e. The molecule has 3 saturated heterocycles. The molecule has 17 aliphatic rings. The highest BCUT2D eigenvalue weighted by atomic mass is 16.5. The van der Waals surface area contributed by atoms with Gasteiger partial charge in [-0.25, -0.2) is 0 Å². The summed E-state index contributed by atoms with van der Waals surface area (Å²) in [7, 11) is 0. The lowest BCUT2D eigenvalue weighted by Gasteiger charge is -2.54. The second-order valence-corrected chi connectivity index (χ2v) is 36.0. The molecule has 6 unspecified atom stereocenters. The predicted molar refractivity (Wildman–Crippen MR) is 392 cm³/mol. The SMILES string of the molecule is C[C@]12CC=C3C=C4CCC(=O)C[C@]45CCC3(O5)[C@@H]1CCC2c1ccc2ccncc2c1.C[C@]12CC=C3C=C4CC[C@@H](NC5CC5)C[C@]45CCC3(O5)[C@@H]1CCC2c1ccc2ccncc2c1.C[C@]12CC=C3C=C4CC[C@H](NC5CC5)C[C@]45CCC3(O5)[C@@H]1CCC2c1ccc2ccncc2c1. The van der Waals surface area contributed by atoms with E-state index in [1.807, 2.05) is 37.2 Å². The van der Waals surface area contributed by atoms with Crippen LogP contribution in [0.3, 0.4) is 0 Å². The Balaban J connectivity index is 0.0000000977. The van der Waals surface area contributed by atoms with Crippen molar-refractivity contribution in [3.05, 3.63) is 197 Å². The zero-order chi connectivity index (χ0) is 65.9. The van der Waals surface area contributed by atoms with Crippen molar-refractivity contribution in [2.45, 2.75) is 276 Å². The third-order valence-corrected chi connectivity index (χ3v) is 31.2. The molecule has 3 aromatic heterocycles. The number of hydrogen-bond acceptors (Lipinski definition) is 9. The first-order chi connectivity index (χ1) is 48.2. The molecule has 11 aliphatic carbocycles. The average molecular weight is 1320 g/mol. The number of Topliss-reactive ketones (excluding diaryl/α,β-unsaturated/α-hetero) is 1. The minimum Gasteiger partial charge on any atom is -0.359 e. The van der Waals surface area contributed by atoms with Crippen molar-refractivity contribution in [3.63, 3.8) is 0 Å². The van der Waals surface area contributed by atoms with Gasteiger partial charge in [0, 0.05) is 90.3 Å². The molecule has 23 rings (SSSR count). The van der Waals surface area contributed by atoms with Crippen molar-refractivity contribution < 1.29 is 19.0 Å². The molecule has 6 bridgehead atoms. The number of ether oxygens (including phenoxy) is 3. The van der Waals surface area contributed by atoms with Crippen LogP contribution in [0.25, 0.3) is 32.3 Å². The molecule has 9 heterocycles. The topological polar surface area (TPSA) is 107 Å². The van der Waals surface area contributed by atoms with Crippen LogP contribution in [0.15, 0.2) is 180 Å². The zero-order valence-electron chi connectivity index (χ0n) is 58.9. The van der Waals surface area contributed by atoms with Crippen LogP contribution in [0.4, 0.5) is 0 Å². The summed E-state index contributed by atoms with van der Waals surface area (Å²) in [6, 6.07) is 30.4. The van der Waals surface area contributed by atoms with E-state index in [4.69, 9.17) is 14.2 Å². The van der Waals surface area contributed by atoms with Gasteiger partial charge in [0.15, 0.2) is 0 Å². The van der Waals surface area contributed by atoms with Gasteiger partial charge in [-0.1, -0.05) is 93.6 Å². The van der Waals surface area contributed by atoms with Crippen LogP contribution in [0.1, 0.15) is 235 Å². The monoisotopic (exact) mass is 1320 g/mol. The molecule has 9 heteroatoms. The van der Waals surface area contributed by atoms with E-state index in [0.29, 0.717) is 66.2 Å². The van der Waals surface area contributed by atoms with Crippen LogP contribution in [0.2, 0.25) is 0 Å². The van der Waals surface area contributed by atoms with Crippen molar-refractivity contribution in [2.75, 3.05) is 0 Å². The maximum Gasteiger partial charge on any atom is 0.136 e. The first kappa shape index (κ1) is 61.5. The number of aromatic nitrogens is 3. The molecule has 0 amide bonds. The van der Waals surface area contributed by atoms with Gasteiger partial charge in [0.05, 0.1) is 33.6 Å². The summed E-state index contributed by atoms with van der Waals surface area (Å²) in [6.45, 7) is 7.66. The summed E-state index contributed by atoms with van der Waals surface area (Å²) in [4.78, 5) is 25.5. The Hall–Kier alpha value is -6.20. The van der Waals surface area contributed by atoms with E-state index < -0.39 is 0 Å². The van der Waals surface area contributed by atoms with Gasteiger partial charge in [-0.3, -0.25) is 19.7 Å². The first-order valence-corrected chi connectivity index (χ1v) is 39.6. The van der Waals surface area contributed by atoms with Gasteiger partial charge in [0.1, 0.15) is 5.78 Å². The smallest absolute Gasteiger partial charge is 0.136 e. The van der Waals surface area contributed by atoms with Crippen LogP contribution in [-0.2, 0) is 19.0 Å². The van der Waals surface area contributed by atoms with E-state index in [1.54, 1.807) is 11.1 Å². The summed E-state index contributed by atoms with van der Waals surface area (Å²) in [5.41, 5.74) is 13.7. The Labute approximate surface area is 586 Å². The Kier molecular flexibility index (Phi) is 13.6. The molecule has 6 aromatic rings. The van der Waals surface area contributed by atoms with Crippen molar-refractivity contribution in [2.24, 2.45) is 34.0 Å². The van der Waals surface area contributed by atoms with Crippen LogP contribution in [0, 0.1) is 34.0 Å². The number of benzene rings is 3. The predicted octanol–water partition coefficient (Wildman–Crippen LogP) is 19.2. The van der Waals surface area contributed by atoms with Crippen LogP contribution in [-0.4, -0.2) is 78.5 Å². The van der Waals surface area contributed by atoms with Crippen molar-refractivity contribution in [3.8, 4) is 0 Å². The molecule has 510 valence electrons. The lowest BCUT2D eigenvalue weighted by atomic mass is 9.58. The van der Waals surface area contributed by atoms with E-state index in [2.05, 4.69) is 156 Å². The van der Waals surface area contributed by atoms with Gasteiger partial charge < -0.3 is 24.8 Å². The number of carbonyl (C=O) groups is 1. The summed E-state index contributed by atoms with van der Waals surface area (Å²) >= 11 is 0. The van der Waals surface area contributed by atoms with Crippen molar-refractivity contribution in [1.82, 2.24) is 25.6 Å². The quantitative estimate of drug-likeness (QED) is 0.162. The third-order valence-electron chi connectivity index (χ3n) is 31.2. The molecule has 0 radical (unpaired) electrons. The molecule has 99 heavy (non-hydrogen) atoms. The number of allylic oxidation sites excluding steroid dienone is 3. The first-order valence-electron chi connectivity index (χ1n) is 39.6. The maximum absolute atomic E-state index is 12.4. The number of carbonyl (C=O) groups excluding carboxylic acids is 1. The summed E-state index contributed by atoms with van der Waals surface area (Å²) in [6.07, 6.45) is 60.1. The van der Waals surface area contributed by atoms with Crippen LogP contribution >= 0.6 is 0 Å². The number of nitrogens with zero attached hydrogens (tertiary/aromatic N) is 3. The molecule has 3 aromatic carbocycles. The number of pyridine rings is 3. The highest BCUT2D eigenvalue weighted by Gasteiger charge is 2.70. The fraction of sp³-hybridized carbons (Fsp3) is 0.556. The second-order valence-electron chi connectivity index (χ2n) is 36.0. The van der Waals surface area contributed by atoms with Gasteiger partial charge in [-0.15, -0.1) is 0 Å². The molecule has 6 aliphatic heterocycles. The van der Waals surface area contributed by atoms with Gasteiger partial charge in [-0.2, -0.15) is 0 Å². The Bertz CT molecular complexity index is 4400. The fourth-order valence-corrected chi connectivity index (χ4v) is 26.1. The standard InChI is InChI=1S/2C31H36N2O.C28H29NO2/c2*1-29-12-10-24-17-23-4-5-26(33-25-6-7-25)18-30(23)13-14-31(24,34-30)28(29)9-8-27(29)21-3-2-20-11-15-32-19-22(20)16-21;1-26-10-8-22-15-21-4-5-23(30)16-27(21)11-12-28(22,31-27)25(26)7-6-24(26)19-3-2-18-9-13-29-17-20(18)14-19/h2*2-3,10-11,15-17,19,25-28,33H,4-9,12-14,18H2,1H3;2-3,8-9,13-15,17,24-25H,4-7,10-12,16H2,1H3/t26-,27?,28+,29+,30+,31?;26-,27?,28-,29-,30-,31?;24?,25-,26-,27-,28?/m011/s1. The summed E-state index contributed by atoms with van der Waals surface area (Å²) in [5, 5.41) is 15.5. The van der Waals surface area contributed by atoms with E-state index in [9.17, 15) is 4.79 Å². The number of fused-ring (bicyclic) bond motifs is 6. The lowest BCUT2D eigenvalue weighted by Crippen LogP contribution is -2.55.